The SMILES string of the molecule is Cc1ccc(-c2n[se]c3c2-c2ccccc2CC3)cc1. The molecule has 0 fully saturated rings. The molecular formula is C18H15NSe. The first-order valence-corrected chi connectivity index (χ1v) is 8.59. The van der Waals surface area contributed by atoms with Crippen LogP contribution in [-0.2, 0) is 12.8 Å². The van der Waals surface area contributed by atoms with E-state index in [2.05, 4.69) is 55.5 Å². The second kappa shape index (κ2) is 4.73. The van der Waals surface area contributed by atoms with E-state index >= 15 is 0 Å². The van der Waals surface area contributed by atoms with E-state index in [1.54, 1.807) is 4.44 Å². The van der Waals surface area contributed by atoms with Gasteiger partial charge in [-0.3, -0.25) is 0 Å². The predicted molar refractivity (Wildman–Crippen MR) is 84.2 cm³/mol. The van der Waals surface area contributed by atoms with Crippen LogP contribution in [0.3, 0.4) is 0 Å². The first-order valence-electron chi connectivity index (χ1n) is 6.97. The summed E-state index contributed by atoms with van der Waals surface area (Å²) in [5, 5.41) is 0. The summed E-state index contributed by atoms with van der Waals surface area (Å²) in [5.74, 6) is 0. The molecule has 2 heteroatoms. The molecule has 0 radical (unpaired) electrons. The summed E-state index contributed by atoms with van der Waals surface area (Å²) in [4.78, 5) is 0. The Kier molecular flexibility index (Phi) is 2.87. The van der Waals surface area contributed by atoms with Crippen molar-refractivity contribution in [3.8, 4) is 22.4 Å². The Hall–Kier alpha value is -1.63. The van der Waals surface area contributed by atoms with Crippen LogP contribution in [0.5, 0.6) is 0 Å². The zero-order valence-corrected chi connectivity index (χ0v) is 13.1. The summed E-state index contributed by atoms with van der Waals surface area (Å²) >= 11 is 0.295. The van der Waals surface area contributed by atoms with Crippen molar-refractivity contribution in [3.05, 3.63) is 64.1 Å². The molecule has 1 aliphatic rings. The molecule has 2 aromatic carbocycles. The molecule has 0 aliphatic heterocycles. The van der Waals surface area contributed by atoms with E-state index in [0.717, 1.165) is 0 Å². The van der Waals surface area contributed by atoms with E-state index in [1.165, 1.54) is 46.4 Å². The Bertz CT molecular complexity index is 768. The van der Waals surface area contributed by atoms with Crippen LogP contribution in [0, 0.1) is 6.92 Å². The Morgan fingerprint density at radius 1 is 0.950 bits per heavy atom. The van der Waals surface area contributed by atoms with Crippen LogP contribution >= 0.6 is 0 Å². The van der Waals surface area contributed by atoms with Gasteiger partial charge in [-0.25, -0.2) is 0 Å². The third-order valence-corrected chi connectivity index (χ3v) is 5.89. The van der Waals surface area contributed by atoms with Crippen LogP contribution in [0.15, 0.2) is 48.5 Å². The predicted octanol–water partition coefficient (Wildman–Crippen LogP) is 3.88. The summed E-state index contributed by atoms with van der Waals surface area (Å²) in [5.41, 5.74) is 8.09. The maximum absolute atomic E-state index is 4.88. The fraction of sp³-hybridized carbons (Fsp3) is 0.167. The number of hydrogen-bond donors (Lipinski definition) is 0. The molecule has 0 atom stereocenters. The number of benzene rings is 2. The number of aromatic nitrogens is 1. The molecule has 0 unspecified atom stereocenters. The van der Waals surface area contributed by atoms with Gasteiger partial charge in [0.05, 0.1) is 0 Å². The Balaban J connectivity index is 1.93. The molecule has 0 saturated carbocycles. The van der Waals surface area contributed by atoms with Crippen molar-refractivity contribution >= 4 is 14.7 Å². The molecule has 1 aliphatic carbocycles. The van der Waals surface area contributed by atoms with Crippen LogP contribution in [0.1, 0.15) is 15.6 Å². The number of rotatable bonds is 1. The van der Waals surface area contributed by atoms with E-state index in [4.69, 9.17) is 3.98 Å². The molecule has 0 bridgehead atoms. The van der Waals surface area contributed by atoms with Crippen molar-refractivity contribution in [3.63, 3.8) is 0 Å². The summed E-state index contributed by atoms with van der Waals surface area (Å²) in [6, 6.07) is 17.6. The van der Waals surface area contributed by atoms with E-state index in [9.17, 15) is 0 Å². The van der Waals surface area contributed by atoms with Crippen LogP contribution < -0.4 is 0 Å². The molecule has 20 heavy (non-hydrogen) atoms. The molecule has 1 heterocycles. The molecule has 0 amide bonds. The quantitative estimate of drug-likeness (QED) is 0.619. The second-order valence-electron chi connectivity index (χ2n) is 5.35. The monoisotopic (exact) mass is 325 g/mol. The van der Waals surface area contributed by atoms with Crippen LogP contribution in [0.4, 0.5) is 0 Å². The Morgan fingerprint density at radius 2 is 1.75 bits per heavy atom. The first-order chi connectivity index (χ1) is 9.83. The molecule has 4 rings (SSSR count). The van der Waals surface area contributed by atoms with Gasteiger partial charge >= 0.3 is 125 Å². The number of aryl methyl sites for hydroxylation is 3. The third kappa shape index (κ3) is 1.88. The Morgan fingerprint density at radius 3 is 2.60 bits per heavy atom. The fourth-order valence-corrected chi connectivity index (χ4v) is 4.78. The molecule has 98 valence electrons. The van der Waals surface area contributed by atoms with Gasteiger partial charge in [0.25, 0.3) is 0 Å². The molecular weight excluding hydrogens is 309 g/mol. The normalized spacial score (nSPS) is 12.8. The number of fused-ring (bicyclic) bond motifs is 3. The topological polar surface area (TPSA) is 12.9 Å². The standard InChI is InChI=1S/C18H15NSe/c1-12-6-8-14(9-7-12)18-17-15-5-3-2-4-13(15)10-11-16(17)20-19-18/h2-9H,10-11H2,1H3. The minimum absolute atomic E-state index is 0.295. The van der Waals surface area contributed by atoms with Crippen LogP contribution in [0.2, 0.25) is 0 Å². The van der Waals surface area contributed by atoms with Crippen molar-refractivity contribution < 1.29 is 0 Å². The summed E-state index contributed by atoms with van der Waals surface area (Å²) in [6.07, 6.45) is 2.36. The van der Waals surface area contributed by atoms with Gasteiger partial charge in [0.2, 0.25) is 0 Å². The van der Waals surface area contributed by atoms with E-state index < -0.39 is 0 Å². The zero-order valence-electron chi connectivity index (χ0n) is 11.4. The van der Waals surface area contributed by atoms with Crippen molar-refractivity contribution in [2.45, 2.75) is 19.8 Å². The minimum atomic E-state index is 0.295. The average molecular weight is 324 g/mol. The summed E-state index contributed by atoms with van der Waals surface area (Å²) in [7, 11) is 0. The van der Waals surface area contributed by atoms with Crippen LogP contribution in [0.25, 0.3) is 22.4 Å². The van der Waals surface area contributed by atoms with Crippen molar-refractivity contribution in [2.24, 2.45) is 0 Å². The third-order valence-electron chi connectivity index (χ3n) is 4.00. The summed E-state index contributed by atoms with van der Waals surface area (Å²) < 4.78 is 6.46. The Labute approximate surface area is 125 Å². The molecule has 0 N–H and O–H groups in total. The van der Waals surface area contributed by atoms with Gasteiger partial charge in [-0.05, 0) is 0 Å². The molecule has 0 spiro atoms. The molecule has 3 aromatic rings. The van der Waals surface area contributed by atoms with Gasteiger partial charge in [0.1, 0.15) is 0 Å². The second-order valence-corrected chi connectivity index (χ2v) is 7.15. The van der Waals surface area contributed by atoms with Crippen molar-refractivity contribution in [1.82, 2.24) is 3.98 Å². The average Bonchev–Trinajstić information content (AvgIpc) is 2.92. The van der Waals surface area contributed by atoms with E-state index in [1.807, 2.05) is 0 Å². The van der Waals surface area contributed by atoms with Crippen molar-refractivity contribution in [1.29, 1.82) is 0 Å². The van der Waals surface area contributed by atoms with Crippen LogP contribution in [-0.4, -0.2) is 18.7 Å². The van der Waals surface area contributed by atoms with Gasteiger partial charge in [-0.1, -0.05) is 0 Å². The fourth-order valence-electron chi connectivity index (χ4n) is 2.91. The first kappa shape index (κ1) is 12.1. The number of hydrogen-bond acceptors (Lipinski definition) is 1. The molecule has 0 saturated heterocycles. The molecule has 1 aromatic heterocycles. The van der Waals surface area contributed by atoms with Crippen molar-refractivity contribution in [2.75, 3.05) is 0 Å². The van der Waals surface area contributed by atoms with Gasteiger partial charge in [-0.2, -0.15) is 0 Å². The summed E-state index contributed by atoms with van der Waals surface area (Å²) in [6.45, 7) is 2.13. The maximum atomic E-state index is 4.88. The molecule has 1 nitrogen and oxygen atoms in total. The van der Waals surface area contributed by atoms with Gasteiger partial charge in [0.15, 0.2) is 0 Å². The van der Waals surface area contributed by atoms with Gasteiger partial charge < -0.3 is 0 Å². The van der Waals surface area contributed by atoms with Gasteiger partial charge in [0, 0.05) is 0 Å². The van der Waals surface area contributed by atoms with Gasteiger partial charge in [-0.15, -0.1) is 0 Å². The van der Waals surface area contributed by atoms with E-state index in [0.29, 0.717) is 14.7 Å². The van der Waals surface area contributed by atoms with E-state index in [-0.39, 0.29) is 0 Å². The number of nitrogens with zero attached hydrogens (tertiary/aromatic N) is 1. The zero-order chi connectivity index (χ0) is 13.5.